The molecule has 1 atom stereocenters. The second-order valence-electron chi connectivity index (χ2n) is 4.37. The summed E-state index contributed by atoms with van der Waals surface area (Å²) in [5.74, 6) is 1.47. The molecule has 2 heterocycles. The number of aliphatic imine (C=N–C) groups is 1. The largest absolute Gasteiger partial charge is 0.485 e. The lowest BCUT2D eigenvalue weighted by molar-refractivity contribution is 0.0572. The molecule has 0 radical (unpaired) electrons. The molecule has 1 aromatic rings. The van der Waals surface area contributed by atoms with E-state index in [1.54, 1.807) is 6.07 Å². The van der Waals surface area contributed by atoms with Gasteiger partial charge in [-0.05, 0) is 19.1 Å². The Labute approximate surface area is 98.4 Å². The first-order valence-corrected chi connectivity index (χ1v) is 5.58. The van der Waals surface area contributed by atoms with Crippen molar-refractivity contribution in [1.82, 2.24) is 5.32 Å². The van der Waals surface area contributed by atoms with Gasteiger partial charge in [-0.15, -0.1) is 0 Å². The van der Waals surface area contributed by atoms with Gasteiger partial charge in [-0.3, -0.25) is 4.99 Å². The summed E-state index contributed by atoms with van der Waals surface area (Å²) >= 11 is 0. The van der Waals surface area contributed by atoms with Crippen molar-refractivity contribution < 1.29 is 13.9 Å². The van der Waals surface area contributed by atoms with Crippen molar-refractivity contribution in [1.29, 1.82) is 0 Å². The number of rotatable bonds is 1. The maximum absolute atomic E-state index is 13.0. The second-order valence-corrected chi connectivity index (χ2v) is 4.37. The van der Waals surface area contributed by atoms with E-state index in [0.717, 1.165) is 18.9 Å². The number of nitrogens with one attached hydrogen (secondary N) is 1. The summed E-state index contributed by atoms with van der Waals surface area (Å²) in [6.45, 7) is 3.82. The van der Waals surface area contributed by atoms with Crippen molar-refractivity contribution in [3.05, 3.63) is 24.0 Å². The van der Waals surface area contributed by atoms with Crippen LogP contribution in [0.1, 0.15) is 6.92 Å². The molecular weight excluding hydrogens is 223 g/mol. The third kappa shape index (κ3) is 1.71. The Kier molecular flexibility index (Phi) is 2.21. The van der Waals surface area contributed by atoms with Gasteiger partial charge in [0.05, 0.1) is 6.54 Å². The molecule has 0 amide bonds. The predicted octanol–water partition coefficient (Wildman–Crippen LogP) is 1.36. The fourth-order valence-electron chi connectivity index (χ4n) is 2.04. The van der Waals surface area contributed by atoms with Gasteiger partial charge in [-0.25, -0.2) is 4.39 Å². The van der Waals surface area contributed by atoms with Crippen LogP contribution < -0.4 is 14.8 Å². The highest BCUT2D eigenvalue weighted by Crippen LogP contribution is 2.36. The van der Waals surface area contributed by atoms with Gasteiger partial charge >= 0.3 is 0 Å². The lowest BCUT2D eigenvalue weighted by atomic mass is 10.1. The highest BCUT2D eigenvalue weighted by molar-refractivity contribution is 5.92. The van der Waals surface area contributed by atoms with Gasteiger partial charge in [0.25, 0.3) is 0 Å². The third-order valence-corrected chi connectivity index (χ3v) is 2.92. The van der Waals surface area contributed by atoms with Gasteiger partial charge in [0.1, 0.15) is 18.3 Å². The van der Waals surface area contributed by atoms with Crippen LogP contribution in [-0.2, 0) is 0 Å². The summed E-state index contributed by atoms with van der Waals surface area (Å²) in [4.78, 5) is 4.35. The molecule has 0 aliphatic carbocycles. The van der Waals surface area contributed by atoms with E-state index < -0.39 is 5.60 Å². The van der Waals surface area contributed by atoms with Crippen LogP contribution in [0.15, 0.2) is 23.2 Å². The zero-order valence-electron chi connectivity index (χ0n) is 9.50. The minimum absolute atomic E-state index is 0.327. The number of amidine groups is 1. The molecule has 3 rings (SSSR count). The molecule has 17 heavy (non-hydrogen) atoms. The Bertz CT molecular complexity index is 489. The first kappa shape index (κ1) is 10.4. The third-order valence-electron chi connectivity index (χ3n) is 2.92. The summed E-state index contributed by atoms with van der Waals surface area (Å²) < 4.78 is 24.4. The maximum atomic E-state index is 13.0. The number of hydrogen-bond donors (Lipinski definition) is 1. The molecule has 1 unspecified atom stereocenters. The molecule has 4 nitrogen and oxygen atoms in total. The molecule has 0 fully saturated rings. The topological polar surface area (TPSA) is 42.9 Å². The summed E-state index contributed by atoms with van der Waals surface area (Å²) in [5.41, 5.74) is -0.610. The van der Waals surface area contributed by atoms with E-state index in [1.165, 1.54) is 12.1 Å². The quantitative estimate of drug-likeness (QED) is 0.800. The molecule has 5 heteroatoms. The van der Waals surface area contributed by atoms with Gasteiger partial charge in [-0.2, -0.15) is 0 Å². The van der Waals surface area contributed by atoms with Gasteiger partial charge in [-0.1, -0.05) is 0 Å². The standard InChI is InChI=1S/C12H13FN2O2/c1-12(11-14-4-5-15-11)7-16-10-6-8(13)2-3-9(10)17-12/h2-3,6H,4-5,7H2,1H3,(H,14,15). The number of fused-ring (bicyclic) bond motifs is 1. The van der Waals surface area contributed by atoms with Gasteiger partial charge in [0.2, 0.25) is 0 Å². The van der Waals surface area contributed by atoms with E-state index in [0.29, 0.717) is 18.1 Å². The molecule has 0 bridgehead atoms. The Morgan fingerprint density at radius 1 is 1.41 bits per heavy atom. The van der Waals surface area contributed by atoms with E-state index >= 15 is 0 Å². The van der Waals surface area contributed by atoms with E-state index in [4.69, 9.17) is 9.47 Å². The molecular formula is C12H13FN2O2. The molecule has 1 aromatic carbocycles. The van der Waals surface area contributed by atoms with Crippen LogP contribution in [0, 0.1) is 5.82 Å². The highest BCUT2D eigenvalue weighted by Gasteiger charge is 2.39. The lowest BCUT2D eigenvalue weighted by Crippen LogP contribution is -2.53. The predicted molar refractivity (Wildman–Crippen MR) is 61.2 cm³/mol. The molecule has 1 N–H and O–H groups in total. The Balaban J connectivity index is 1.91. The summed E-state index contributed by atoms with van der Waals surface area (Å²) in [7, 11) is 0. The van der Waals surface area contributed by atoms with Crippen LogP contribution >= 0.6 is 0 Å². The Morgan fingerprint density at radius 2 is 2.29 bits per heavy atom. The zero-order valence-corrected chi connectivity index (χ0v) is 9.50. The molecule has 90 valence electrons. The van der Waals surface area contributed by atoms with E-state index in [1.807, 2.05) is 6.92 Å². The lowest BCUT2D eigenvalue weighted by Gasteiger charge is -2.35. The van der Waals surface area contributed by atoms with Crippen LogP contribution in [0.25, 0.3) is 0 Å². The van der Waals surface area contributed by atoms with Crippen molar-refractivity contribution in [3.63, 3.8) is 0 Å². The van der Waals surface area contributed by atoms with E-state index in [2.05, 4.69) is 10.3 Å². The van der Waals surface area contributed by atoms with Crippen LogP contribution in [0.5, 0.6) is 11.5 Å². The Hall–Kier alpha value is -1.78. The van der Waals surface area contributed by atoms with Gasteiger partial charge < -0.3 is 14.8 Å². The van der Waals surface area contributed by atoms with Gasteiger partial charge in [0, 0.05) is 12.6 Å². The van der Waals surface area contributed by atoms with Crippen molar-refractivity contribution in [3.8, 4) is 11.5 Å². The van der Waals surface area contributed by atoms with Crippen LogP contribution in [0.2, 0.25) is 0 Å². The molecule has 2 aliphatic rings. The molecule has 0 spiro atoms. The van der Waals surface area contributed by atoms with E-state index in [-0.39, 0.29) is 5.82 Å². The van der Waals surface area contributed by atoms with Crippen molar-refractivity contribution >= 4 is 5.84 Å². The summed E-state index contributed by atoms with van der Waals surface area (Å²) in [6, 6.07) is 4.27. The van der Waals surface area contributed by atoms with Crippen LogP contribution in [-0.4, -0.2) is 31.1 Å². The first-order valence-electron chi connectivity index (χ1n) is 5.58. The maximum Gasteiger partial charge on any atom is 0.196 e. The van der Waals surface area contributed by atoms with Crippen molar-refractivity contribution in [2.45, 2.75) is 12.5 Å². The fraction of sp³-hybridized carbons (Fsp3) is 0.417. The summed E-state index contributed by atoms with van der Waals surface area (Å²) in [5, 5.41) is 3.18. The average molecular weight is 236 g/mol. The number of ether oxygens (including phenoxy) is 2. The number of benzene rings is 1. The average Bonchev–Trinajstić information content (AvgIpc) is 2.84. The van der Waals surface area contributed by atoms with Gasteiger partial charge in [0.15, 0.2) is 17.1 Å². The first-order chi connectivity index (χ1) is 8.17. The zero-order chi connectivity index (χ0) is 11.9. The van der Waals surface area contributed by atoms with Crippen LogP contribution in [0.3, 0.4) is 0 Å². The number of nitrogens with zero attached hydrogens (tertiary/aromatic N) is 1. The normalized spacial score (nSPS) is 26.4. The minimum Gasteiger partial charge on any atom is -0.485 e. The molecule has 0 saturated carbocycles. The summed E-state index contributed by atoms with van der Waals surface area (Å²) in [6.07, 6.45) is 0. The highest BCUT2D eigenvalue weighted by atomic mass is 19.1. The van der Waals surface area contributed by atoms with E-state index in [9.17, 15) is 4.39 Å². The molecule has 2 aliphatic heterocycles. The number of halogens is 1. The van der Waals surface area contributed by atoms with Crippen molar-refractivity contribution in [2.75, 3.05) is 19.7 Å². The monoisotopic (exact) mass is 236 g/mol. The van der Waals surface area contributed by atoms with Crippen LogP contribution in [0.4, 0.5) is 4.39 Å². The van der Waals surface area contributed by atoms with Crippen molar-refractivity contribution in [2.24, 2.45) is 4.99 Å². The fourth-order valence-corrected chi connectivity index (χ4v) is 2.04. The smallest absolute Gasteiger partial charge is 0.196 e. The number of hydrogen-bond acceptors (Lipinski definition) is 4. The minimum atomic E-state index is -0.610. The molecule has 0 aromatic heterocycles. The SMILES string of the molecule is CC1(C2=NCCN2)COc2cc(F)ccc2O1. The Morgan fingerprint density at radius 3 is 3.06 bits per heavy atom. The molecule has 0 saturated heterocycles. The second kappa shape index (κ2) is 3.61.